The summed E-state index contributed by atoms with van der Waals surface area (Å²) in [5, 5.41) is 6.34. The van der Waals surface area contributed by atoms with Gasteiger partial charge in [-0.25, -0.2) is 0 Å². The Morgan fingerprint density at radius 3 is 2.86 bits per heavy atom. The lowest BCUT2D eigenvalue weighted by atomic mass is 9.92. The van der Waals surface area contributed by atoms with Gasteiger partial charge in [-0.15, -0.1) is 0 Å². The zero-order valence-corrected chi connectivity index (χ0v) is 8.88. The molecule has 0 aromatic carbocycles. The zero-order chi connectivity index (χ0) is 9.97. The standard InChI is InChI=1S/C11H20N2O/c1-8-3-2-6-12-10(8)11(14)13-7-9-4-5-9/h8-10,12H,2-7H2,1H3,(H,13,14). The molecule has 0 bridgehead atoms. The Bertz CT molecular complexity index is 213. The Labute approximate surface area is 85.6 Å². The van der Waals surface area contributed by atoms with E-state index < -0.39 is 0 Å². The topological polar surface area (TPSA) is 41.1 Å². The van der Waals surface area contributed by atoms with Gasteiger partial charge in [0.25, 0.3) is 0 Å². The first kappa shape index (κ1) is 9.97. The van der Waals surface area contributed by atoms with Crippen LogP contribution in [0, 0.1) is 11.8 Å². The Morgan fingerprint density at radius 2 is 2.21 bits per heavy atom. The van der Waals surface area contributed by atoms with E-state index in [1.165, 1.54) is 25.7 Å². The summed E-state index contributed by atoms with van der Waals surface area (Å²) in [5.74, 6) is 1.48. The molecule has 1 saturated carbocycles. The second kappa shape index (κ2) is 4.30. The number of piperidine rings is 1. The summed E-state index contributed by atoms with van der Waals surface area (Å²) in [4.78, 5) is 11.8. The first-order valence-electron chi connectivity index (χ1n) is 5.78. The van der Waals surface area contributed by atoms with Gasteiger partial charge in [0.15, 0.2) is 0 Å². The Kier molecular flexibility index (Phi) is 3.06. The molecule has 80 valence electrons. The fourth-order valence-electron chi connectivity index (χ4n) is 2.08. The van der Waals surface area contributed by atoms with E-state index in [0.717, 1.165) is 19.0 Å². The fraction of sp³-hybridized carbons (Fsp3) is 0.909. The first-order chi connectivity index (χ1) is 6.77. The fourth-order valence-corrected chi connectivity index (χ4v) is 2.08. The Morgan fingerprint density at radius 1 is 1.43 bits per heavy atom. The van der Waals surface area contributed by atoms with Gasteiger partial charge in [0.1, 0.15) is 0 Å². The van der Waals surface area contributed by atoms with Crippen molar-refractivity contribution < 1.29 is 4.79 Å². The minimum absolute atomic E-state index is 0.0579. The van der Waals surface area contributed by atoms with E-state index in [4.69, 9.17) is 0 Å². The SMILES string of the molecule is CC1CCCNC1C(=O)NCC1CC1. The van der Waals surface area contributed by atoms with Crippen LogP contribution in [-0.4, -0.2) is 25.0 Å². The highest BCUT2D eigenvalue weighted by Crippen LogP contribution is 2.27. The molecular weight excluding hydrogens is 176 g/mol. The molecule has 0 radical (unpaired) electrons. The monoisotopic (exact) mass is 196 g/mol. The van der Waals surface area contributed by atoms with Crippen LogP contribution in [0.1, 0.15) is 32.6 Å². The van der Waals surface area contributed by atoms with Crippen molar-refractivity contribution in [2.45, 2.75) is 38.6 Å². The van der Waals surface area contributed by atoms with Crippen LogP contribution < -0.4 is 10.6 Å². The quantitative estimate of drug-likeness (QED) is 0.704. The van der Waals surface area contributed by atoms with Crippen LogP contribution >= 0.6 is 0 Å². The van der Waals surface area contributed by atoms with E-state index in [0.29, 0.717) is 5.92 Å². The number of nitrogens with one attached hydrogen (secondary N) is 2. The number of hydrogen-bond acceptors (Lipinski definition) is 2. The molecule has 0 aromatic rings. The van der Waals surface area contributed by atoms with Crippen molar-refractivity contribution in [3.05, 3.63) is 0 Å². The third kappa shape index (κ3) is 2.47. The Hall–Kier alpha value is -0.570. The molecule has 2 aliphatic rings. The van der Waals surface area contributed by atoms with Crippen molar-refractivity contribution in [1.82, 2.24) is 10.6 Å². The summed E-state index contributed by atoms with van der Waals surface area (Å²) >= 11 is 0. The smallest absolute Gasteiger partial charge is 0.237 e. The molecule has 2 unspecified atom stereocenters. The summed E-state index contributed by atoms with van der Waals surface area (Å²) in [7, 11) is 0. The van der Waals surface area contributed by atoms with E-state index in [1.807, 2.05) is 0 Å². The van der Waals surface area contributed by atoms with Crippen molar-refractivity contribution in [3.63, 3.8) is 0 Å². The molecule has 2 rings (SSSR count). The van der Waals surface area contributed by atoms with Crippen LogP contribution in [0.3, 0.4) is 0 Å². The van der Waals surface area contributed by atoms with Crippen LogP contribution in [-0.2, 0) is 4.79 Å². The average molecular weight is 196 g/mol. The molecule has 1 aliphatic heterocycles. The highest BCUT2D eigenvalue weighted by Gasteiger charge is 2.28. The first-order valence-corrected chi connectivity index (χ1v) is 5.78. The van der Waals surface area contributed by atoms with Crippen LogP contribution in [0.15, 0.2) is 0 Å². The summed E-state index contributed by atoms with van der Waals surface area (Å²) < 4.78 is 0. The molecule has 1 saturated heterocycles. The molecule has 1 amide bonds. The second-order valence-electron chi connectivity index (χ2n) is 4.74. The van der Waals surface area contributed by atoms with Crippen LogP contribution in [0.2, 0.25) is 0 Å². The van der Waals surface area contributed by atoms with E-state index in [1.54, 1.807) is 0 Å². The predicted molar refractivity (Wildman–Crippen MR) is 55.9 cm³/mol. The van der Waals surface area contributed by atoms with Crippen molar-refractivity contribution in [2.75, 3.05) is 13.1 Å². The van der Waals surface area contributed by atoms with E-state index in [2.05, 4.69) is 17.6 Å². The number of amides is 1. The van der Waals surface area contributed by atoms with Gasteiger partial charge in [-0.3, -0.25) is 4.79 Å². The lowest BCUT2D eigenvalue weighted by molar-refractivity contribution is -0.124. The van der Waals surface area contributed by atoms with Gasteiger partial charge in [-0.05, 0) is 44.1 Å². The van der Waals surface area contributed by atoms with Gasteiger partial charge < -0.3 is 10.6 Å². The number of rotatable bonds is 3. The minimum Gasteiger partial charge on any atom is -0.354 e. The third-order valence-corrected chi connectivity index (χ3v) is 3.31. The predicted octanol–water partition coefficient (Wildman–Crippen LogP) is 0.901. The maximum atomic E-state index is 11.8. The summed E-state index contributed by atoms with van der Waals surface area (Å²) in [6, 6.07) is 0.0579. The number of hydrogen-bond donors (Lipinski definition) is 2. The summed E-state index contributed by atoms with van der Waals surface area (Å²) in [6.07, 6.45) is 4.98. The summed E-state index contributed by atoms with van der Waals surface area (Å²) in [6.45, 7) is 4.04. The second-order valence-corrected chi connectivity index (χ2v) is 4.74. The summed E-state index contributed by atoms with van der Waals surface area (Å²) in [5.41, 5.74) is 0. The zero-order valence-electron chi connectivity index (χ0n) is 8.88. The van der Waals surface area contributed by atoms with Crippen molar-refractivity contribution >= 4 is 5.91 Å². The normalized spacial score (nSPS) is 32.6. The molecule has 3 heteroatoms. The minimum atomic E-state index is 0.0579. The lowest BCUT2D eigenvalue weighted by Gasteiger charge is -2.28. The maximum absolute atomic E-state index is 11.8. The van der Waals surface area contributed by atoms with Crippen molar-refractivity contribution in [3.8, 4) is 0 Å². The van der Waals surface area contributed by atoms with Crippen LogP contribution in [0.5, 0.6) is 0 Å². The van der Waals surface area contributed by atoms with Gasteiger partial charge in [0.05, 0.1) is 6.04 Å². The van der Waals surface area contributed by atoms with Gasteiger partial charge in [-0.1, -0.05) is 6.92 Å². The molecule has 2 N–H and O–H groups in total. The molecule has 14 heavy (non-hydrogen) atoms. The molecular formula is C11H20N2O. The van der Waals surface area contributed by atoms with Gasteiger partial charge in [-0.2, -0.15) is 0 Å². The Balaban J connectivity index is 1.76. The highest BCUT2D eigenvalue weighted by molar-refractivity contribution is 5.82. The van der Waals surface area contributed by atoms with Crippen molar-refractivity contribution in [2.24, 2.45) is 11.8 Å². The third-order valence-electron chi connectivity index (χ3n) is 3.31. The largest absolute Gasteiger partial charge is 0.354 e. The molecule has 2 fully saturated rings. The van der Waals surface area contributed by atoms with Gasteiger partial charge in [0.2, 0.25) is 5.91 Å². The number of carbonyl (C=O) groups is 1. The van der Waals surface area contributed by atoms with Gasteiger partial charge >= 0.3 is 0 Å². The van der Waals surface area contributed by atoms with E-state index >= 15 is 0 Å². The molecule has 0 aromatic heterocycles. The maximum Gasteiger partial charge on any atom is 0.237 e. The van der Waals surface area contributed by atoms with Crippen molar-refractivity contribution in [1.29, 1.82) is 0 Å². The molecule has 0 spiro atoms. The molecule has 2 atom stereocenters. The number of carbonyl (C=O) groups excluding carboxylic acids is 1. The highest BCUT2D eigenvalue weighted by atomic mass is 16.2. The van der Waals surface area contributed by atoms with Crippen LogP contribution in [0.25, 0.3) is 0 Å². The van der Waals surface area contributed by atoms with Gasteiger partial charge in [0, 0.05) is 6.54 Å². The molecule has 1 heterocycles. The molecule has 3 nitrogen and oxygen atoms in total. The van der Waals surface area contributed by atoms with E-state index in [9.17, 15) is 4.79 Å². The van der Waals surface area contributed by atoms with Crippen LogP contribution in [0.4, 0.5) is 0 Å². The lowest BCUT2D eigenvalue weighted by Crippen LogP contribution is -2.51. The average Bonchev–Trinajstić information content (AvgIpc) is 2.98. The van der Waals surface area contributed by atoms with E-state index in [-0.39, 0.29) is 11.9 Å². The molecule has 1 aliphatic carbocycles.